The largest absolute Gasteiger partial charge is 0.383 e. The smallest absolute Gasteiger partial charge is 0.228 e. The highest BCUT2D eigenvalue weighted by Crippen LogP contribution is 2.30. The van der Waals surface area contributed by atoms with Crippen molar-refractivity contribution in [1.82, 2.24) is 0 Å². The van der Waals surface area contributed by atoms with Crippen molar-refractivity contribution in [2.75, 3.05) is 17.2 Å². The highest BCUT2D eigenvalue weighted by molar-refractivity contribution is 5.96. The number of anilines is 2. The van der Waals surface area contributed by atoms with E-state index in [0.717, 1.165) is 36.3 Å². The molecule has 108 valence electrons. The molecule has 0 aliphatic carbocycles. The molecule has 3 rings (SSSR count). The molecular weight excluding hydrogens is 260 g/mol. The van der Waals surface area contributed by atoms with Crippen LogP contribution in [0.25, 0.3) is 0 Å². The van der Waals surface area contributed by atoms with Crippen LogP contribution in [-0.2, 0) is 17.6 Å². The van der Waals surface area contributed by atoms with E-state index < -0.39 is 0 Å². The van der Waals surface area contributed by atoms with Gasteiger partial charge in [0.05, 0.1) is 17.8 Å². The van der Waals surface area contributed by atoms with Crippen molar-refractivity contribution in [2.24, 2.45) is 0 Å². The molecule has 2 N–H and O–H groups in total. The normalized spacial score (nSPS) is 13.2. The van der Waals surface area contributed by atoms with E-state index in [1.165, 1.54) is 11.1 Å². The number of para-hydroxylation sites is 1. The highest BCUT2D eigenvalue weighted by Gasteiger charge is 2.14. The summed E-state index contributed by atoms with van der Waals surface area (Å²) in [5, 5.41) is 6.42. The molecule has 1 heterocycles. The summed E-state index contributed by atoms with van der Waals surface area (Å²) in [7, 11) is 0. The molecule has 1 aliphatic rings. The Morgan fingerprint density at radius 3 is 2.81 bits per heavy atom. The Kier molecular flexibility index (Phi) is 3.91. The van der Waals surface area contributed by atoms with E-state index in [0.29, 0.717) is 6.42 Å². The van der Waals surface area contributed by atoms with Gasteiger partial charge >= 0.3 is 0 Å². The minimum atomic E-state index is 0.0274. The molecule has 0 fully saturated rings. The summed E-state index contributed by atoms with van der Waals surface area (Å²) < 4.78 is 0. The van der Waals surface area contributed by atoms with Gasteiger partial charge < -0.3 is 10.6 Å². The van der Waals surface area contributed by atoms with Gasteiger partial charge in [-0.05, 0) is 37.0 Å². The van der Waals surface area contributed by atoms with Gasteiger partial charge in [0.2, 0.25) is 5.91 Å². The molecule has 3 nitrogen and oxygen atoms in total. The van der Waals surface area contributed by atoms with Gasteiger partial charge in [0.15, 0.2) is 0 Å². The molecule has 3 heteroatoms. The minimum absolute atomic E-state index is 0.0274. The average Bonchev–Trinajstić information content (AvgIpc) is 2.50. The molecule has 0 saturated heterocycles. The van der Waals surface area contributed by atoms with Crippen LogP contribution in [0.2, 0.25) is 0 Å². The van der Waals surface area contributed by atoms with Crippen LogP contribution >= 0.6 is 0 Å². The third-order valence-electron chi connectivity index (χ3n) is 3.83. The summed E-state index contributed by atoms with van der Waals surface area (Å²) in [6, 6.07) is 14.2. The first-order chi connectivity index (χ1) is 10.2. The monoisotopic (exact) mass is 280 g/mol. The maximum absolute atomic E-state index is 12.2. The van der Waals surface area contributed by atoms with Crippen LogP contribution in [0.5, 0.6) is 0 Å². The van der Waals surface area contributed by atoms with Gasteiger partial charge in [-0.25, -0.2) is 0 Å². The van der Waals surface area contributed by atoms with E-state index in [4.69, 9.17) is 0 Å². The maximum atomic E-state index is 12.2. The second-order valence-corrected chi connectivity index (χ2v) is 5.58. The maximum Gasteiger partial charge on any atom is 0.228 e. The van der Waals surface area contributed by atoms with E-state index in [1.54, 1.807) is 0 Å². The van der Waals surface area contributed by atoms with Gasteiger partial charge in [0.25, 0.3) is 0 Å². The molecule has 1 amide bonds. The van der Waals surface area contributed by atoms with E-state index in [1.807, 2.05) is 43.3 Å². The van der Waals surface area contributed by atoms with Crippen molar-refractivity contribution in [3.8, 4) is 0 Å². The zero-order chi connectivity index (χ0) is 14.7. The van der Waals surface area contributed by atoms with Gasteiger partial charge in [-0.1, -0.05) is 42.0 Å². The number of carbonyl (C=O) groups is 1. The van der Waals surface area contributed by atoms with Crippen molar-refractivity contribution in [1.29, 1.82) is 0 Å². The molecule has 1 aliphatic heterocycles. The fraction of sp³-hybridized carbons (Fsp3) is 0.278. The Labute approximate surface area is 125 Å². The van der Waals surface area contributed by atoms with Gasteiger partial charge in [-0.15, -0.1) is 0 Å². The van der Waals surface area contributed by atoms with Crippen molar-refractivity contribution in [2.45, 2.75) is 26.2 Å². The number of hydrogen-bond acceptors (Lipinski definition) is 2. The predicted molar refractivity (Wildman–Crippen MR) is 86.8 cm³/mol. The molecule has 21 heavy (non-hydrogen) atoms. The molecule has 2 aromatic rings. The van der Waals surface area contributed by atoms with Crippen molar-refractivity contribution >= 4 is 17.3 Å². The zero-order valence-corrected chi connectivity index (χ0v) is 12.3. The number of hydrogen-bond donors (Lipinski definition) is 2. The summed E-state index contributed by atoms with van der Waals surface area (Å²) in [4.78, 5) is 12.2. The van der Waals surface area contributed by atoms with E-state index in [2.05, 4.69) is 16.7 Å². The number of benzene rings is 2. The first-order valence-corrected chi connectivity index (χ1v) is 7.43. The number of nitrogens with one attached hydrogen (secondary N) is 2. The van der Waals surface area contributed by atoms with Gasteiger partial charge in [-0.3, -0.25) is 4.79 Å². The summed E-state index contributed by atoms with van der Waals surface area (Å²) in [6.45, 7) is 3.02. The standard InChI is InChI=1S/C18H20N2O/c1-13-7-9-14(10-8-13)12-17(21)20-16-6-2-4-15-5-3-11-19-18(15)16/h2,4,6-10,19H,3,5,11-12H2,1H3,(H,20,21). The molecular formula is C18H20N2O. The number of aryl methyl sites for hydroxylation is 2. The van der Waals surface area contributed by atoms with Crippen molar-refractivity contribution < 1.29 is 4.79 Å². The lowest BCUT2D eigenvalue weighted by Gasteiger charge is -2.21. The topological polar surface area (TPSA) is 41.1 Å². The van der Waals surface area contributed by atoms with Gasteiger partial charge in [0.1, 0.15) is 0 Å². The third-order valence-corrected chi connectivity index (χ3v) is 3.83. The van der Waals surface area contributed by atoms with E-state index in [9.17, 15) is 4.79 Å². The zero-order valence-electron chi connectivity index (χ0n) is 12.3. The SMILES string of the molecule is Cc1ccc(CC(=O)Nc2cccc3c2NCCC3)cc1. The predicted octanol–water partition coefficient (Wildman–Crippen LogP) is 3.53. The van der Waals surface area contributed by atoms with Crippen LogP contribution in [0.3, 0.4) is 0 Å². The molecule has 0 unspecified atom stereocenters. The number of fused-ring (bicyclic) bond motifs is 1. The Morgan fingerprint density at radius 2 is 2.00 bits per heavy atom. The van der Waals surface area contributed by atoms with E-state index >= 15 is 0 Å². The molecule has 0 bridgehead atoms. The number of rotatable bonds is 3. The fourth-order valence-corrected chi connectivity index (χ4v) is 2.70. The lowest BCUT2D eigenvalue weighted by Crippen LogP contribution is -2.18. The second kappa shape index (κ2) is 6.00. The minimum Gasteiger partial charge on any atom is -0.383 e. The molecule has 0 atom stereocenters. The lowest BCUT2D eigenvalue weighted by atomic mass is 10.0. The second-order valence-electron chi connectivity index (χ2n) is 5.58. The Morgan fingerprint density at radius 1 is 1.19 bits per heavy atom. The molecule has 2 aromatic carbocycles. The van der Waals surface area contributed by atoms with Gasteiger partial charge in [-0.2, -0.15) is 0 Å². The first-order valence-electron chi connectivity index (χ1n) is 7.43. The fourth-order valence-electron chi connectivity index (χ4n) is 2.70. The van der Waals surface area contributed by atoms with Gasteiger partial charge in [0, 0.05) is 6.54 Å². The summed E-state index contributed by atoms with van der Waals surface area (Å²) >= 11 is 0. The third kappa shape index (κ3) is 3.24. The van der Waals surface area contributed by atoms with Crippen molar-refractivity contribution in [3.05, 3.63) is 59.2 Å². The van der Waals surface area contributed by atoms with Crippen molar-refractivity contribution in [3.63, 3.8) is 0 Å². The molecule has 0 radical (unpaired) electrons. The Balaban J connectivity index is 1.71. The first kappa shape index (κ1) is 13.7. The number of amides is 1. The summed E-state index contributed by atoms with van der Waals surface area (Å²) in [5.74, 6) is 0.0274. The molecule has 0 spiro atoms. The Hall–Kier alpha value is -2.29. The molecule has 0 aromatic heterocycles. The van der Waals surface area contributed by atoms with E-state index in [-0.39, 0.29) is 5.91 Å². The van der Waals surface area contributed by atoms with Crippen LogP contribution < -0.4 is 10.6 Å². The Bertz CT molecular complexity index is 647. The van der Waals surface area contributed by atoms with Crippen LogP contribution in [0.15, 0.2) is 42.5 Å². The van der Waals surface area contributed by atoms with Crippen LogP contribution in [0.1, 0.15) is 23.1 Å². The van der Waals surface area contributed by atoms with Crippen LogP contribution in [-0.4, -0.2) is 12.5 Å². The summed E-state index contributed by atoms with van der Waals surface area (Å²) in [5.41, 5.74) is 5.51. The highest BCUT2D eigenvalue weighted by atomic mass is 16.1. The molecule has 0 saturated carbocycles. The summed E-state index contributed by atoms with van der Waals surface area (Å²) in [6.07, 6.45) is 2.63. The average molecular weight is 280 g/mol. The quantitative estimate of drug-likeness (QED) is 0.903. The van der Waals surface area contributed by atoms with Crippen LogP contribution in [0.4, 0.5) is 11.4 Å². The van der Waals surface area contributed by atoms with Crippen LogP contribution in [0, 0.1) is 6.92 Å². The number of carbonyl (C=O) groups excluding carboxylic acids is 1. The lowest BCUT2D eigenvalue weighted by molar-refractivity contribution is -0.115.